The molecule has 2 aliphatic rings. The average Bonchev–Trinajstić information content (AvgIpc) is 3.50. The molecular formula is C35H30F3N3O4. The number of benzene rings is 4. The van der Waals surface area contributed by atoms with Crippen molar-refractivity contribution in [3.05, 3.63) is 125 Å². The number of nitrogens with one attached hydrogen (secondary N) is 1. The van der Waals surface area contributed by atoms with Crippen molar-refractivity contribution in [1.29, 1.82) is 0 Å². The van der Waals surface area contributed by atoms with Gasteiger partial charge in [0, 0.05) is 36.4 Å². The number of morpholine rings is 1. The van der Waals surface area contributed by atoms with Gasteiger partial charge in [0.1, 0.15) is 6.04 Å². The molecule has 3 amide bonds. The van der Waals surface area contributed by atoms with Crippen LogP contribution in [0.5, 0.6) is 0 Å². The molecule has 1 fully saturated rings. The quantitative estimate of drug-likeness (QED) is 0.294. The molecular weight excluding hydrogens is 583 g/mol. The molecule has 7 nitrogen and oxygen atoms in total. The minimum Gasteiger partial charge on any atom is -0.378 e. The molecule has 45 heavy (non-hydrogen) atoms. The van der Waals surface area contributed by atoms with Crippen LogP contribution in [0.15, 0.2) is 97.1 Å². The highest BCUT2D eigenvalue weighted by molar-refractivity contribution is 6.11. The molecule has 10 heteroatoms. The number of nitrogens with zero attached hydrogens (tertiary/aromatic N) is 2. The van der Waals surface area contributed by atoms with Gasteiger partial charge in [-0.05, 0) is 65.1 Å². The number of halogens is 3. The molecule has 1 atom stereocenters. The number of carbonyl (C=O) groups excluding carboxylic acids is 3. The van der Waals surface area contributed by atoms with Crippen LogP contribution in [0.25, 0.3) is 11.1 Å². The Hall–Kier alpha value is -4.96. The lowest BCUT2D eigenvalue weighted by Gasteiger charge is -2.31. The number of hydrogen-bond acceptors (Lipinski definition) is 4. The zero-order valence-electron chi connectivity index (χ0n) is 24.2. The van der Waals surface area contributed by atoms with Crippen LogP contribution in [0.3, 0.4) is 0 Å². The number of alkyl halides is 3. The number of amides is 3. The van der Waals surface area contributed by atoms with Crippen molar-refractivity contribution in [1.82, 2.24) is 10.2 Å². The van der Waals surface area contributed by atoms with E-state index in [2.05, 4.69) is 5.32 Å². The average molecular weight is 614 g/mol. The van der Waals surface area contributed by atoms with E-state index in [4.69, 9.17) is 4.74 Å². The van der Waals surface area contributed by atoms with Crippen molar-refractivity contribution < 1.29 is 32.3 Å². The summed E-state index contributed by atoms with van der Waals surface area (Å²) in [7, 11) is 0. The lowest BCUT2D eigenvalue weighted by atomic mass is 9.97. The zero-order valence-corrected chi connectivity index (χ0v) is 24.2. The second-order valence-electron chi connectivity index (χ2n) is 10.9. The number of rotatable bonds is 6. The van der Waals surface area contributed by atoms with Crippen molar-refractivity contribution in [2.45, 2.75) is 18.6 Å². The molecule has 2 heterocycles. The van der Waals surface area contributed by atoms with Gasteiger partial charge in [-0.3, -0.25) is 14.4 Å². The van der Waals surface area contributed by atoms with Crippen molar-refractivity contribution in [2.75, 3.05) is 37.7 Å². The predicted octanol–water partition coefficient (Wildman–Crippen LogP) is 5.91. The van der Waals surface area contributed by atoms with Crippen LogP contribution in [0.4, 0.5) is 18.9 Å². The highest BCUT2D eigenvalue weighted by atomic mass is 19.4. The summed E-state index contributed by atoms with van der Waals surface area (Å²) in [5.74, 6) is -0.908. The Bertz CT molecular complexity index is 1720. The van der Waals surface area contributed by atoms with Crippen LogP contribution in [0.1, 0.15) is 43.4 Å². The van der Waals surface area contributed by atoms with Gasteiger partial charge in [0.2, 0.25) is 5.91 Å². The molecule has 0 radical (unpaired) electrons. The Balaban J connectivity index is 1.22. The Kier molecular flexibility index (Phi) is 8.40. The van der Waals surface area contributed by atoms with Gasteiger partial charge in [0.15, 0.2) is 0 Å². The molecule has 1 saturated heterocycles. The third-order valence-corrected chi connectivity index (χ3v) is 8.14. The van der Waals surface area contributed by atoms with Crippen molar-refractivity contribution in [3.8, 4) is 11.1 Å². The van der Waals surface area contributed by atoms with Crippen molar-refractivity contribution in [3.63, 3.8) is 0 Å². The highest BCUT2D eigenvalue weighted by Gasteiger charge is 2.32. The Labute approximate surface area is 258 Å². The molecule has 4 aromatic carbocycles. The second-order valence-corrected chi connectivity index (χ2v) is 10.9. The monoisotopic (exact) mass is 613 g/mol. The maximum atomic E-state index is 13.8. The molecule has 4 aromatic rings. The van der Waals surface area contributed by atoms with Crippen LogP contribution in [-0.4, -0.2) is 55.5 Å². The van der Waals surface area contributed by atoms with Crippen LogP contribution >= 0.6 is 0 Å². The molecule has 0 aromatic heterocycles. The third kappa shape index (κ3) is 6.32. The Morgan fingerprint density at radius 2 is 1.49 bits per heavy atom. The van der Waals surface area contributed by atoms with Gasteiger partial charge < -0.3 is 19.9 Å². The molecule has 0 spiro atoms. The summed E-state index contributed by atoms with van der Waals surface area (Å²) in [6, 6.07) is 24.9. The van der Waals surface area contributed by atoms with E-state index >= 15 is 0 Å². The molecule has 6 rings (SSSR count). The zero-order chi connectivity index (χ0) is 31.6. The van der Waals surface area contributed by atoms with Crippen LogP contribution in [0.2, 0.25) is 0 Å². The summed E-state index contributed by atoms with van der Waals surface area (Å²) in [5, 5.41) is 2.91. The summed E-state index contributed by atoms with van der Waals surface area (Å²) in [6.07, 6.45) is -3.94. The number of fused-ring (bicyclic) bond motifs is 1. The summed E-state index contributed by atoms with van der Waals surface area (Å²) in [5.41, 5.74) is 3.12. The van der Waals surface area contributed by atoms with E-state index in [0.29, 0.717) is 72.8 Å². The van der Waals surface area contributed by atoms with E-state index in [1.165, 1.54) is 12.1 Å². The fourth-order valence-electron chi connectivity index (χ4n) is 5.77. The third-order valence-electron chi connectivity index (χ3n) is 8.14. The maximum Gasteiger partial charge on any atom is 0.416 e. The van der Waals surface area contributed by atoms with Gasteiger partial charge in [0.05, 0.1) is 18.8 Å². The molecule has 230 valence electrons. The first-order valence-electron chi connectivity index (χ1n) is 14.6. The smallest absolute Gasteiger partial charge is 0.378 e. The van der Waals surface area contributed by atoms with Crippen LogP contribution in [0, 0.1) is 0 Å². The molecule has 2 aliphatic heterocycles. The van der Waals surface area contributed by atoms with Gasteiger partial charge in [-0.15, -0.1) is 0 Å². The molecule has 0 saturated carbocycles. The molecule has 0 aliphatic carbocycles. The van der Waals surface area contributed by atoms with E-state index in [1.807, 2.05) is 18.2 Å². The predicted molar refractivity (Wildman–Crippen MR) is 163 cm³/mol. The number of anilines is 1. The first-order valence-corrected chi connectivity index (χ1v) is 14.6. The summed E-state index contributed by atoms with van der Waals surface area (Å²) >= 11 is 0. The highest BCUT2D eigenvalue weighted by Crippen LogP contribution is 2.35. The topological polar surface area (TPSA) is 79.0 Å². The lowest BCUT2D eigenvalue weighted by Crippen LogP contribution is -2.47. The fraction of sp³-hybridized carbons (Fsp3) is 0.229. The first-order chi connectivity index (χ1) is 21.7. The van der Waals surface area contributed by atoms with Gasteiger partial charge in [-0.2, -0.15) is 13.2 Å². The van der Waals surface area contributed by atoms with Crippen molar-refractivity contribution in [2.24, 2.45) is 0 Å². The Morgan fingerprint density at radius 1 is 0.800 bits per heavy atom. The van der Waals surface area contributed by atoms with Crippen molar-refractivity contribution >= 4 is 23.4 Å². The van der Waals surface area contributed by atoms with Gasteiger partial charge >= 0.3 is 6.18 Å². The SMILES string of the molecule is O=C(NC(C(=O)N1CCOCC1)c1ccccc1)c1ccc2c(c1)CCN2C(=O)c1ccccc1-c1ccc(C(F)(F)F)cc1. The van der Waals surface area contributed by atoms with Gasteiger partial charge in [-0.1, -0.05) is 60.7 Å². The number of carbonyl (C=O) groups is 3. The standard InChI is InChI=1S/C35H30F3N3O4/c36-35(37,38)27-13-10-23(11-14-27)28-8-4-5-9-29(28)33(43)41-17-16-25-22-26(12-15-30(25)41)32(42)39-31(24-6-2-1-3-7-24)34(44)40-18-20-45-21-19-40/h1-15,22,31H,16-21H2,(H,39,42). The molecule has 0 bridgehead atoms. The van der Waals surface area contributed by atoms with Crippen LogP contribution in [-0.2, 0) is 22.1 Å². The second kappa shape index (κ2) is 12.6. The summed E-state index contributed by atoms with van der Waals surface area (Å²) < 4.78 is 44.7. The first kappa shape index (κ1) is 30.1. The Morgan fingerprint density at radius 3 is 2.20 bits per heavy atom. The normalized spacial score (nSPS) is 15.4. The lowest BCUT2D eigenvalue weighted by molar-refractivity contribution is -0.138. The minimum atomic E-state index is -4.45. The summed E-state index contributed by atoms with van der Waals surface area (Å²) in [6.45, 7) is 2.15. The summed E-state index contributed by atoms with van der Waals surface area (Å²) in [4.78, 5) is 44.0. The van der Waals surface area contributed by atoms with E-state index in [1.54, 1.807) is 64.4 Å². The maximum absolute atomic E-state index is 13.8. The largest absolute Gasteiger partial charge is 0.416 e. The number of hydrogen-bond donors (Lipinski definition) is 1. The molecule has 1 N–H and O–H groups in total. The van der Waals surface area contributed by atoms with E-state index in [9.17, 15) is 27.6 Å². The fourth-order valence-corrected chi connectivity index (χ4v) is 5.77. The van der Waals surface area contributed by atoms with E-state index in [-0.39, 0.29) is 11.8 Å². The van der Waals surface area contributed by atoms with Gasteiger partial charge in [-0.25, -0.2) is 0 Å². The van der Waals surface area contributed by atoms with E-state index in [0.717, 1.165) is 17.7 Å². The van der Waals surface area contributed by atoms with E-state index < -0.39 is 23.7 Å². The minimum absolute atomic E-state index is 0.206. The number of ether oxygens (including phenoxy) is 1. The molecule has 1 unspecified atom stereocenters. The van der Waals surface area contributed by atoms with Gasteiger partial charge in [0.25, 0.3) is 11.8 Å². The van der Waals surface area contributed by atoms with Crippen LogP contribution < -0.4 is 10.2 Å².